The van der Waals surface area contributed by atoms with Crippen molar-refractivity contribution in [2.24, 2.45) is 0 Å². The molecule has 8 rings (SSSR count). The summed E-state index contributed by atoms with van der Waals surface area (Å²) >= 11 is 0. The van der Waals surface area contributed by atoms with Crippen LogP contribution in [0.5, 0.6) is 0 Å². The topological polar surface area (TPSA) is 17.8 Å². The van der Waals surface area contributed by atoms with Gasteiger partial charge in [-0.25, -0.2) is 4.98 Å². The largest absolute Gasteiger partial charge is 0.291 e. The van der Waals surface area contributed by atoms with Gasteiger partial charge in [0.05, 0.1) is 23.6 Å². The zero-order chi connectivity index (χ0) is 31.5. The monoisotopic (exact) mass is 527 g/mol. The van der Waals surface area contributed by atoms with Gasteiger partial charge in [-0.2, -0.15) is 0 Å². The first-order valence-corrected chi connectivity index (χ1v) is 13.6. The SMILES string of the molecule is [2H]c1c([2H])c([2H])c(-c2nc3ccccc3n2-c2c3ccccc3c(-c3ccc(-c4ccccc4)cc3)c3ccccc23)c([2H])c1[2H]. The van der Waals surface area contributed by atoms with E-state index in [9.17, 15) is 0 Å². The molecule has 2 nitrogen and oxygen atoms in total. The van der Waals surface area contributed by atoms with E-state index < -0.39 is 18.1 Å². The maximum absolute atomic E-state index is 8.83. The van der Waals surface area contributed by atoms with Gasteiger partial charge < -0.3 is 0 Å². The summed E-state index contributed by atoms with van der Waals surface area (Å²) in [6.07, 6.45) is 0. The van der Waals surface area contributed by atoms with Crippen molar-refractivity contribution in [3.63, 3.8) is 0 Å². The van der Waals surface area contributed by atoms with E-state index in [0.29, 0.717) is 11.3 Å². The summed E-state index contributed by atoms with van der Waals surface area (Å²) < 4.78 is 44.6. The van der Waals surface area contributed by atoms with Gasteiger partial charge in [-0.05, 0) is 45.2 Å². The Hall–Kier alpha value is -5.47. The molecule has 0 atom stereocenters. The van der Waals surface area contributed by atoms with Crippen LogP contribution in [0.2, 0.25) is 0 Å². The average Bonchev–Trinajstić information content (AvgIpc) is 3.48. The van der Waals surface area contributed by atoms with Gasteiger partial charge in [-0.3, -0.25) is 4.57 Å². The summed E-state index contributed by atoms with van der Waals surface area (Å²) in [7, 11) is 0. The lowest BCUT2D eigenvalue weighted by molar-refractivity contribution is 1.13. The Labute approximate surface area is 245 Å². The lowest BCUT2D eigenvalue weighted by Crippen LogP contribution is -2.01. The molecule has 0 bridgehead atoms. The molecule has 0 saturated carbocycles. The number of fused-ring (bicyclic) bond motifs is 3. The van der Waals surface area contributed by atoms with Crippen LogP contribution in [-0.4, -0.2) is 9.55 Å². The zero-order valence-electron chi connectivity index (χ0n) is 27.0. The number of rotatable bonds is 4. The van der Waals surface area contributed by atoms with Crippen molar-refractivity contribution >= 4 is 32.6 Å². The first-order chi connectivity index (χ1) is 22.4. The Morgan fingerprint density at radius 3 is 1.68 bits per heavy atom. The minimum Gasteiger partial charge on any atom is -0.291 e. The second-order valence-corrected chi connectivity index (χ2v) is 10.0. The van der Waals surface area contributed by atoms with Crippen LogP contribution in [0.25, 0.3) is 71.9 Å². The first-order valence-electron chi connectivity index (χ1n) is 16.1. The van der Waals surface area contributed by atoms with Gasteiger partial charge in [0.1, 0.15) is 5.82 Å². The molecule has 0 spiro atoms. The predicted molar refractivity (Wildman–Crippen MR) is 172 cm³/mol. The van der Waals surface area contributed by atoms with Gasteiger partial charge in [0.25, 0.3) is 0 Å². The van der Waals surface area contributed by atoms with Crippen molar-refractivity contribution < 1.29 is 6.85 Å². The number of hydrogen-bond acceptors (Lipinski definition) is 1. The average molecular weight is 528 g/mol. The Bertz CT molecular complexity index is 2380. The number of nitrogens with zero attached hydrogens (tertiary/aromatic N) is 2. The van der Waals surface area contributed by atoms with Crippen LogP contribution in [0, 0.1) is 0 Å². The minimum absolute atomic E-state index is 0.0657. The van der Waals surface area contributed by atoms with E-state index in [1.165, 1.54) is 0 Å². The lowest BCUT2D eigenvalue weighted by atomic mass is 9.89. The Morgan fingerprint density at radius 2 is 1.00 bits per heavy atom. The van der Waals surface area contributed by atoms with Crippen LogP contribution < -0.4 is 0 Å². The molecule has 0 aliphatic carbocycles. The number of hydrogen-bond donors (Lipinski definition) is 0. The molecule has 41 heavy (non-hydrogen) atoms. The molecule has 0 saturated heterocycles. The molecule has 192 valence electrons. The van der Waals surface area contributed by atoms with E-state index in [4.69, 9.17) is 11.8 Å². The molecular formula is C39H26N2. The molecule has 0 radical (unpaired) electrons. The van der Waals surface area contributed by atoms with Crippen molar-refractivity contribution in [3.05, 3.63) is 158 Å². The zero-order valence-corrected chi connectivity index (χ0v) is 22.0. The number of benzene rings is 7. The van der Waals surface area contributed by atoms with Gasteiger partial charge in [0.2, 0.25) is 0 Å². The van der Waals surface area contributed by atoms with E-state index in [2.05, 4.69) is 60.7 Å². The van der Waals surface area contributed by atoms with Crippen LogP contribution in [-0.2, 0) is 0 Å². The fourth-order valence-corrected chi connectivity index (χ4v) is 5.90. The van der Waals surface area contributed by atoms with Crippen LogP contribution in [0.1, 0.15) is 6.85 Å². The standard InChI is InChI=1S/C39H26N2/c1-3-13-27(14-4-1)28-23-25-29(26-24-28)37-31-17-7-9-19-33(31)38(34-20-10-8-18-32(34)37)41-36-22-12-11-21-35(36)40-39(41)30-15-5-2-6-16-30/h1-26H/i2D,5D,6D,15D,16D. The van der Waals surface area contributed by atoms with Crippen LogP contribution >= 0.6 is 0 Å². The summed E-state index contributed by atoms with van der Waals surface area (Å²) in [5.41, 5.74) is 6.83. The highest BCUT2D eigenvalue weighted by Gasteiger charge is 2.21. The third-order valence-electron chi connectivity index (χ3n) is 7.69. The fraction of sp³-hybridized carbons (Fsp3) is 0. The van der Waals surface area contributed by atoms with E-state index in [0.717, 1.165) is 55.0 Å². The van der Waals surface area contributed by atoms with Crippen LogP contribution in [0.15, 0.2) is 158 Å². The molecule has 7 aromatic carbocycles. The van der Waals surface area contributed by atoms with Crippen molar-refractivity contribution in [3.8, 4) is 39.3 Å². The van der Waals surface area contributed by atoms with Crippen molar-refractivity contribution in [1.82, 2.24) is 9.55 Å². The van der Waals surface area contributed by atoms with Crippen LogP contribution in [0.3, 0.4) is 0 Å². The maximum atomic E-state index is 8.83. The third kappa shape index (κ3) is 3.84. The molecule has 0 aliphatic rings. The molecular weight excluding hydrogens is 496 g/mol. The van der Waals surface area contributed by atoms with Gasteiger partial charge >= 0.3 is 0 Å². The summed E-state index contributed by atoms with van der Waals surface area (Å²) in [6.45, 7) is 0. The predicted octanol–water partition coefficient (Wildman–Crippen LogP) is 10.3. The first kappa shape index (κ1) is 18.8. The maximum Gasteiger partial charge on any atom is 0.145 e. The molecule has 0 amide bonds. The second kappa shape index (κ2) is 9.62. The smallest absolute Gasteiger partial charge is 0.145 e. The summed E-state index contributed by atoms with van der Waals surface area (Å²) in [5, 5.41) is 3.99. The molecule has 0 fully saturated rings. The molecule has 2 heteroatoms. The quantitative estimate of drug-likeness (QED) is 0.208. The van der Waals surface area contributed by atoms with Crippen LogP contribution in [0.4, 0.5) is 0 Å². The van der Waals surface area contributed by atoms with Crippen molar-refractivity contribution in [1.29, 1.82) is 0 Å². The lowest BCUT2D eigenvalue weighted by Gasteiger charge is -2.20. The van der Waals surface area contributed by atoms with E-state index in [1.54, 1.807) is 0 Å². The molecule has 1 aromatic heterocycles. The number of aromatic nitrogens is 2. The number of imidazole rings is 1. The van der Waals surface area contributed by atoms with E-state index in [1.807, 2.05) is 71.3 Å². The van der Waals surface area contributed by atoms with Gasteiger partial charge in [-0.1, -0.05) is 145 Å². The van der Waals surface area contributed by atoms with Gasteiger partial charge in [-0.15, -0.1) is 0 Å². The highest BCUT2D eigenvalue weighted by molar-refractivity contribution is 6.19. The highest BCUT2D eigenvalue weighted by atomic mass is 15.1. The summed E-state index contributed by atoms with van der Waals surface area (Å²) in [5.74, 6) is 0.300. The summed E-state index contributed by atoms with van der Waals surface area (Å²) in [6, 6.07) is 41.3. The molecule has 8 aromatic rings. The molecule has 0 unspecified atom stereocenters. The molecule has 1 heterocycles. The number of para-hydroxylation sites is 2. The van der Waals surface area contributed by atoms with Crippen molar-refractivity contribution in [2.45, 2.75) is 0 Å². The normalized spacial score (nSPS) is 13.1. The van der Waals surface area contributed by atoms with Gasteiger partial charge in [0.15, 0.2) is 0 Å². The molecule has 0 aliphatic heterocycles. The van der Waals surface area contributed by atoms with E-state index >= 15 is 0 Å². The Kier molecular flexibility index (Phi) is 4.40. The Morgan fingerprint density at radius 1 is 0.463 bits per heavy atom. The van der Waals surface area contributed by atoms with Gasteiger partial charge in [0, 0.05) is 16.3 Å². The molecule has 0 N–H and O–H groups in total. The highest BCUT2D eigenvalue weighted by Crippen LogP contribution is 2.43. The second-order valence-electron chi connectivity index (χ2n) is 10.0. The summed E-state index contributed by atoms with van der Waals surface area (Å²) in [4.78, 5) is 4.92. The fourth-order valence-electron chi connectivity index (χ4n) is 5.90. The van der Waals surface area contributed by atoms with Crippen molar-refractivity contribution in [2.75, 3.05) is 0 Å². The third-order valence-corrected chi connectivity index (χ3v) is 7.69. The Balaban J connectivity index is 1.48. The van der Waals surface area contributed by atoms with E-state index in [-0.39, 0.29) is 17.6 Å². The minimum atomic E-state index is -0.431.